The van der Waals surface area contributed by atoms with Crippen LogP contribution in [0.5, 0.6) is 11.5 Å². The molecule has 2 aromatic rings. The summed E-state index contributed by atoms with van der Waals surface area (Å²) in [6, 6.07) is 16.9. The minimum atomic E-state index is -0.273. The zero-order valence-corrected chi connectivity index (χ0v) is 14.5. The topological polar surface area (TPSA) is 59.3 Å². The second-order valence-corrected chi connectivity index (χ2v) is 5.52. The highest BCUT2D eigenvalue weighted by Crippen LogP contribution is 2.30. The van der Waals surface area contributed by atoms with Crippen LogP contribution in [-0.4, -0.2) is 13.1 Å². The molecule has 0 unspecified atom stereocenters. The monoisotopic (exact) mass is 335 g/mol. The van der Waals surface area contributed by atoms with Crippen molar-refractivity contribution in [2.24, 2.45) is 0 Å². The van der Waals surface area contributed by atoms with E-state index in [9.17, 15) is 10.1 Å². The number of hydrogen-bond donors (Lipinski definition) is 0. The van der Waals surface area contributed by atoms with Gasteiger partial charge in [0, 0.05) is 6.42 Å². The van der Waals surface area contributed by atoms with E-state index in [2.05, 4.69) is 6.07 Å². The largest absolute Gasteiger partial charge is 0.493 e. The Morgan fingerprint density at radius 2 is 1.92 bits per heavy atom. The summed E-state index contributed by atoms with van der Waals surface area (Å²) in [7, 11) is 1.52. The van der Waals surface area contributed by atoms with Gasteiger partial charge in [-0.05, 0) is 35.8 Å². The number of hydrogen-bond acceptors (Lipinski definition) is 4. The molecule has 0 saturated carbocycles. The number of methoxy groups -OCH3 is 1. The zero-order valence-electron chi connectivity index (χ0n) is 14.5. The van der Waals surface area contributed by atoms with Crippen molar-refractivity contribution in [2.45, 2.75) is 26.2 Å². The highest BCUT2D eigenvalue weighted by molar-refractivity contribution is 5.89. The lowest BCUT2D eigenvalue weighted by molar-refractivity contribution is -0.134. The first-order chi connectivity index (χ1) is 12.2. The van der Waals surface area contributed by atoms with E-state index in [1.807, 2.05) is 37.3 Å². The van der Waals surface area contributed by atoms with Crippen molar-refractivity contribution in [3.8, 4) is 17.6 Å². The molecule has 0 bridgehead atoms. The molecule has 0 aliphatic rings. The quantitative estimate of drug-likeness (QED) is 0.314. The number of nitrogens with zero attached hydrogens (tertiary/aromatic N) is 1. The minimum Gasteiger partial charge on any atom is -0.493 e. The van der Waals surface area contributed by atoms with E-state index in [0.29, 0.717) is 23.5 Å². The van der Waals surface area contributed by atoms with Gasteiger partial charge in [-0.15, -0.1) is 0 Å². The molecule has 0 amide bonds. The molecular formula is C21H21NO3. The highest BCUT2D eigenvalue weighted by atomic mass is 16.6. The summed E-state index contributed by atoms with van der Waals surface area (Å²) in [4.78, 5) is 11.8. The summed E-state index contributed by atoms with van der Waals surface area (Å²) in [5, 5.41) is 9.40. The number of rotatable bonds is 7. The van der Waals surface area contributed by atoms with Crippen LogP contribution >= 0.6 is 0 Å². The number of unbranched alkanes of at least 4 members (excludes halogenated alkanes) is 1. The molecule has 2 rings (SSSR count). The highest BCUT2D eigenvalue weighted by Gasteiger charge is 2.11. The van der Waals surface area contributed by atoms with Crippen LogP contribution in [0.4, 0.5) is 0 Å². The Kier molecular flexibility index (Phi) is 6.79. The summed E-state index contributed by atoms with van der Waals surface area (Å²) in [5.41, 5.74) is 2.19. The van der Waals surface area contributed by atoms with Crippen molar-refractivity contribution in [3.05, 3.63) is 59.7 Å². The van der Waals surface area contributed by atoms with Crippen molar-refractivity contribution in [3.63, 3.8) is 0 Å². The van der Waals surface area contributed by atoms with E-state index < -0.39 is 0 Å². The molecule has 4 heteroatoms. The molecule has 0 N–H and O–H groups in total. The van der Waals surface area contributed by atoms with Crippen molar-refractivity contribution in [1.82, 2.24) is 0 Å². The lowest BCUT2D eigenvalue weighted by atomic mass is 10.0. The molecule has 128 valence electrons. The van der Waals surface area contributed by atoms with Crippen LogP contribution in [0.15, 0.2) is 48.5 Å². The third kappa shape index (κ3) is 5.22. The standard InChI is InChI=1S/C21H21NO3/c1-3-4-10-21(23)25-19-12-11-16(14-20(19)24-2)13-18(15-22)17-8-6-5-7-9-17/h5-9,11-14H,3-4,10H2,1-2H3/b18-13-. The van der Waals surface area contributed by atoms with Gasteiger partial charge in [-0.1, -0.05) is 49.7 Å². The van der Waals surface area contributed by atoms with Crippen LogP contribution in [-0.2, 0) is 4.79 Å². The van der Waals surface area contributed by atoms with Gasteiger partial charge in [0.25, 0.3) is 0 Å². The second kappa shape index (κ2) is 9.29. The van der Waals surface area contributed by atoms with E-state index in [4.69, 9.17) is 9.47 Å². The van der Waals surface area contributed by atoms with Crippen molar-refractivity contribution in [2.75, 3.05) is 7.11 Å². The van der Waals surface area contributed by atoms with E-state index in [1.54, 1.807) is 24.3 Å². The van der Waals surface area contributed by atoms with Gasteiger partial charge >= 0.3 is 5.97 Å². The van der Waals surface area contributed by atoms with Gasteiger partial charge in [0.05, 0.1) is 18.8 Å². The maximum absolute atomic E-state index is 11.8. The summed E-state index contributed by atoms with van der Waals surface area (Å²) < 4.78 is 10.7. The smallest absolute Gasteiger partial charge is 0.311 e. The Balaban J connectivity index is 2.25. The molecule has 0 saturated heterocycles. The molecule has 2 aromatic carbocycles. The lowest BCUT2D eigenvalue weighted by Crippen LogP contribution is -2.08. The number of nitriles is 1. The Hall–Kier alpha value is -3.06. The molecule has 0 atom stereocenters. The van der Waals surface area contributed by atoms with Gasteiger partial charge in [-0.2, -0.15) is 5.26 Å². The van der Waals surface area contributed by atoms with E-state index >= 15 is 0 Å². The molecular weight excluding hydrogens is 314 g/mol. The maximum atomic E-state index is 11.8. The Bertz CT molecular complexity index is 789. The summed E-state index contributed by atoms with van der Waals surface area (Å²) >= 11 is 0. The minimum absolute atomic E-state index is 0.273. The predicted octanol–water partition coefficient (Wildman–Crippen LogP) is 4.85. The van der Waals surface area contributed by atoms with E-state index in [-0.39, 0.29) is 5.97 Å². The Labute approximate surface area is 148 Å². The third-order valence-electron chi connectivity index (χ3n) is 3.66. The number of benzene rings is 2. The fourth-order valence-corrected chi connectivity index (χ4v) is 2.32. The Morgan fingerprint density at radius 3 is 2.56 bits per heavy atom. The first kappa shape index (κ1) is 18.3. The number of carbonyl (C=O) groups excluding carboxylic acids is 1. The number of carbonyl (C=O) groups is 1. The maximum Gasteiger partial charge on any atom is 0.311 e. The number of allylic oxidation sites excluding steroid dienone is 1. The summed E-state index contributed by atoms with van der Waals surface area (Å²) in [6.07, 6.45) is 3.89. The first-order valence-corrected chi connectivity index (χ1v) is 8.24. The van der Waals surface area contributed by atoms with Crippen LogP contribution in [0.3, 0.4) is 0 Å². The van der Waals surface area contributed by atoms with Crippen molar-refractivity contribution in [1.29, 1.82) is 5.26 Å². The van der Waals surface area contributed by atoms with E-state index in [1.165, 1.54) is 7.11 Å². The predicted molar refractivity (Wildman–Crippen MR) is 98.1 cm³/mol. The van der Waals surface area contributed by atoms with Gasteiger partial charge < -0.3 is 9.47 Å². The molecule has 0 heterocycles. The van der Waals surface area contributed by atoms with Gasteiger partial charge in [0.1, 0.15) is 0 Å². The van der Waals surface area contributed by atoms with Crippen LogP contribution < -0.4 is 9.47 Å². The summed E-state index contributed by atoms with van der Waals surface area (Å²) in [5.74, 6) is 0.577. The van der Waals surface area contributed by atoms with Crippen molar-refractivity contribution < 1.29 is 14.3 Å². The molecule has 25 heavy (non-hydrogen) atoms. The third-order valence-corrected chi connectivity index (χ3v) is 3.66. The molecule has 0 aromatic heterocycles. The van der Waals surface area contributed by atoms with Crippen molar-refractivity contribution >= 4 is 17.6 Å². The number of esters is 1. The van der Waals surface area contributed by atoms with Crippen LogP contribution in [0.1, 0.15) is 37.3 Å². The molecule has 0 spiro atoms. The van der Waals surface area contributed by atoms with Crippen LogP contribution in [0, 0.1) is 11.3 Å². The second-order valence-electron chi connectivity index (χ2n) is 5.52. The normalized spacial score (nSPS) is 10.8. The average Bonchev–Trinajstić information content (AvgIpc) is 2.66. The number of ether oxygens (including phenoxy) is 2. The summed E-state index contributed by atoms with van der Waals surface area (Å²) in [6.45, 7) is 2.02. The molecule has 0 radical (unpaired) electrons. The van der Waals surface area contributed by atoms with Gasteiger partial charge in [0.2, 0.25) is 0 Å². The Morgan fingerprint density at radius 1 is 1.16 bits per heavy atom. The van der Waals surface area contributed by atoms with Gasteiger partial charge in [-0.25, -0.2) is 0 Å². The molecule has 0 fully saturated rings. The first-order valence-electron chi connectivity index (χ1n) is 8.24. The van der Waals surface area contributed by atoms with Gasteiger partial charge in [0.15, 0.2) is 11.5 Å². The molecule has 0 aliphatic heterocycles. The average molecular weight is 335 g/mol. The van der Waals surface area contributed by atoms with Crippen LogP contribution in [0.2, 0.25) is 0 Å². The van der Waals surface area contributed by atoms with E-state index in [0.717, 1.165) is 24.0 Å². The zero-order chi connectivity index (χ0) is 18.1. The van der Waals surface area contributed by atoms with Crippen LogP contribution in [0.25, 0.3) is 11.6 Å². The SMILES string of the molecule is CCCCC(=O)Oc1ccc(/C=C(/C#N)c2ccccc2)cc1OC. The lowest BCUT2D eigenvalue weighted by Gasteiger charge is -2.10. The van der Waals surface area contributed by atoms with Gasteiger partial charge in [-0.3, -0.25) is 4.79 Å². The molecule has 0 aliphatic carbocycles. The molecule has 4 nitrogen and oxygen atoms in total. The fourth-order valence-electron chi connectivity index (χ4n) is 2.32. The fraction of sp³-hybridized carbons (Fsp3) is 0.238.